The van der Waals surface area contributed by atoms with E-state index in [9.17, 15) is 12.9 Å². The van der Waals surface area contributed by atoms with Crippen molar-refractivity contribution in [2.24, 2.45) is 0 Å². The third kappa shape index (κ3) is 432. The molecule has 0 amide bonds. The first-order valence-electron chi connectivity index (χ1n) is 2.18. The van der Waals surface area contributed by atoms with E-state index < -0.39 is 7.54 Å². The van der Waals surface area contributed by atoms with Crippen LogP contribution in [0.15, 0.2) is 0 Å². The van der Waals surface area contributed by atoms with E-state index in [0.717, 1.165) is 20.3 Å². The van der Waals surface area contributed by atoms with Crippen LogP contribution in [0.5, 0.6) is 0 Å². The van der Waals surface area contributed by atoms with Gasteiger partial charge in [0.2, 0.25) is 0 Å². The van der Waals surface area contributed by atoms with Crippen molar-refractivity contribution in [1.29, 1.82) is 0 Å². The number of ether oxygens (including phenoxy) is 1. The zero-order chi connectivity index (χ0) is 7.70. The highest BCUT2D eigenvalue weighted by molar-refractivity contribution is 6.33. The van der Waals surface area contributed by atoms with Crippen molar-refractivity contribution in [2.75, 3.05) is 20.3 Å². The molecule has 2 nitrogen and oxygen atoms in total. The SMILES string of the molecule is C1CO1.CO.FB(F)F. The quantitative estimate of drug-likeness (QED) is 0.396. The lowest BCUT2D eigenvalue weighted by atomic mass is 10.5. The predicted octanol–water partition coefficient (Wildman–Crippen LogP) is 0.505. The fraction of sp³-hybridized carbons (Fsp3) is 1.00. The van der Waals surface area contributed by atoms with E-state index in [0.29, 0.717) is 0 Å². The second-order valence-corrected chi connectivity index (χ2v) is 0.860. The summed E-state index contributed by atoms with van der Waals surface area (Å²) in [6, 6.07) is 0. The molecule has 0 aromatic rings. The lowest BCUT2D eigenvalue weighted by Crippen LogP contribution is -1.76. The summed E-state index contributed by atoms with van der Waals surface area (Å²) in [5.41, 5.74) is 0. The zero-order valence-corrected chi connectivity index (χ0v) is 4.98. The van der Waals surface area contributed by atoms with E-state index in [1.807, 2.05) is 0 Å². The molecule has 1 heterocycles. The smallest absolute Gasteiger partial charge is 0.400 e. The molecule has 1 saturated heterocycles. The molecule has 0 saturated carbocycles. The van der Waals surface area contributed by atoms with E-state index in [1.54, 1.807) is 0 Å². The van der Waals surface area contributed by atoms with Crippen LogP contribution in [0, 0.1) is 0 Å². The van der Waals surface area contributed by atoms with Gasteiger partial charge in [-0.2, -0.15) is 0 Å². The summed E-state index contributed by atoms with van der Waals surface area (Å²) in [7, 11) is -2.67. The van der Waals surface area contributed by atoms with Gasteiger partial charge >= 0.3 is 7.54 Å². The van der Waals surface area contributed by atoms with Gasteiger partial charge in [-0.1, -0.05) is 0 Å². The van der Waals surface area contributed by atoms with Crippen LogP contribution < -0.4 is 0 Å². The van der Waals surface area contributed by atoms with E-state index in [4.69, 9.17) is 5.11 Å². The maximum absolute atomic E-state index is 9.67. The number of epoxide rings is 1. The Morgan fingerprint density at radius 2 is 1.33 bits per heavy atom. The second-order valence-electron chi connectivity index (χ2n) is 0.860. The molecule has 1 aliphatic heterocycles. The normalized spacial score (nSPS) is 11.7. The van der Waals surface area contributed by atoms with Crippen LogP contribution in [-0.4, -0.2) is 33.0 Å². The Kier molecular flexibility index (Phi) is 13.7. The summed E-state index contributed by atoms with van der Waals surface area (Å²) in [4.78, 5) is 0. The zero-order valence-electron chi connectivity index (χ0n) is 4.98. The minimum absolute atomic E-state index is 1.00. The van der Waals surface area contributed by atoms with Crippen molar-refractivity contribution < 1.29 is 22.8 Å². The van der Waals surface area contributed by atoms with Crippen molar-refractivity contribution in [1.82, 2.24) is 0 Å². The molecule has 0 spiro atoms. The predicted molar refractivity (Wildman–Crippen MR) is 28.0 cm³/mol. The van der Waals surface area contributed by atoms with E-state index >= 15 is 0 Å². The molecule has 1 fully saturated rings. The average Bonchev–Trinajstić information content (AvgIpc) is 2.50. The molecule has 1 N–H and O–H groups in total. The Morgan fingerprint density at radius 1 is 1.22 bits per heavy atom. The summed E-state index contributed by atoms with van der Waals surface area (Å²) in [5, 5.41) is 7.00. The average molecular weight is 144 g/mol. The molecule has 1 aliphatic rings. The molecule has 56 valence electrons. The number of aliphatic hydroxyl groups is 1. The number of halogens is 3. The standard InChI is InChI=1S/C2H4O.CH4O.BF3/c1-2-3-1;1-2;2-1(3)4/h1-2H2;2H,1H3;. The summed E-state index contributed by atoms with van der Waals surface area (Å²) in [6.07, 6.45) is 0. The molecule has 0 atom stereocenters. The molecular formula is C3H8BF3O2. The van der Waals surface area contributed by atoms with Gasteiger partial charge in [0.05, 0.1) is 13.2 Å². The highest BCUT2D eigenvalue weighted by Gasteiger charge is 2.06. The molecule has 9 heavy (non-hydrogen) atoms. The van der Waals surface area contributed by atoms with Gasteiger partial charge in [0.15, 0.2) is 0 Å². The van der Waals surface area contributed by atoms with Crippen LogP contribution in [0.3, 0.4) is 0 Å². The number of hydrogen-bond acceptors (Lipinski definition) is 2. The van der Waals surface area contributed by atoms with Crippen LogP contribution >= 0.6 is 0 Å². The fourth-order valence-corrected chi connectivity index (χ4v) is 0. The minimum atomic E-state index is -3.67. The van der Waals surface area contributed by atoms with Crippen LogP contribution in [-0.2, 0) is 4.74 Å². The van der Waals surface area contributed by atoms with Crippen LogP contribution in [0.25, 0.3) is 0 Å². The van der Waals surface area contributed by atoms with Gasteiger partial charge in [0, 0.05) is 7.11 Å². The third-order valence-electron chi connectivity index (χ3n) is 0.204. The maximum atomic E-state index is 9.67. The number of rotatable bonds is 0. The molecule has 0 unspecified atom stereocenters. The van der Waals surface area contributed by atoms with Crippen LogP contribution in [0.4, 0.5) is 12.9 Å². The Labute approximate surface area is 51.8 Å². The monoisotopic (exact) mass is 144 g/mol. The first-order chi connectivity index (χ1) is 4.23. The summed E-state index contributed by atoms with van der Waals surface area (Å²) in [6.45, 7) is 2.00. The van der Waals surface area contributed by atoms with Gasteiger partial charge in [0.25, 0.3) is 0 Å². The Bertz CT molecular complexity index is 38.5. The Balaban J connectivity index is 0. The molecule has 0 aliphatic carbocycles. The van der Waals surface area contributed by atoms with Gasteiger partial charge in [-0.3, -0.25) is 12.9 Å². The number of aliphatic hydroxyl groups excluding tert-OH is 1. The van der Waals surface area contributed by atoms with Crippen LogP contribution in [0.2, 0.25) is 0 Å². The highest BCUT2D eigenvalue weighted by Crippen LogP contribution is 1.84. The van der Waals surface area contributed by atoms with Crippen molar-refractivity contribution in [3.8, 4) is 0 Å². The first kappa shape index (κ1) is 11.6. The molecule has 6 heteroatoms. The second kappa shape index (κ2) is 10.7. The largest absolute Gasteiger partial charge is 0.762 e. The molecule has 0 aromatic heterocycles. The molecule has 1 rings (SSSR count). The van der Waals surface area contributed by atoms with Gasteiger partial charge in [-0.25, -0.2) is 0 Å². The molecular weight excluding hydrogens is 136 g/mol. The van der Waals surface area contributed by atoms with Gasteiger partial charge < -0.3 is 9.84 Å². The van der Waals surface area contributed by atoms with E-state index in [2.05, 4.69) is 4.74 Å². The molecule has 0 radical (unpaired) electrons. The number of hydrogen-bond donors (Lipinski definition) is 1. The molecule has 0 bridgehead atoms. The van der Waals surface area contributed by atoms with Gasteiger partial charge in [-0.05, 0) is 0 Å². The van der Waals surface area contributed by atoms with Gasteiger partial charge in [0.1, 0.15) is 0 Å². The lowest BCUT2D eigenvalue weighted by molar-refractivity contribution is 0.399. The van der Waals surface area contributed by atoms with Crippen molar-refractivity contribution in [2.45, 2.75) is 0 Å². The Morgan fingerprint density at radius 3 is 1.33 bits per heavy atom. The summed E-state index contributed by atoms with van der Waals surface area (Å²) < 4.78 is 33.5. The van der Waals surface area contributed by atoms with Gasteiger partial charge in [-0.15, -0.1) is 0 Å². The van der Waals surface area contributed by atoms with Crippen molar-refractivity contribution in [3.05, 3.63) is 0 Å². The van der Waals surface area contributed by atoms with Crippen LogP contribution in [0.1, 0.15) is 0 Å². The first-order valence-corrected chi connectivity index (χ1v) is 2.18. The molecule has 0 aromatic carbocycles. The minimum Gasteiger partial charge on any atom is -0.400 e. The highest BCUT2D eigenvalue weighted by atomic mass is 19.4. The third-order valence-corrected chi connectivity index (χ3v) is 0.204. The summed E-state index contributed by atoms with van der Waals surface area (Å²) >= 11 is 0. The van der Waals surface area contributed by atoms with E-state index in [1.165, 1.54) is 0 Å². The lowest BCUT2D eigenvalue weighted by Gasteiger charge is -1.55. The van der Waals surface area contributed by atoms with E-state index in [-0.39, 0.29) is 0 Å². The topological polar surface area (TPSA) is 32.8 Å². The van der Waals surface area contributed by atoms with Crippen molar-refractivity contribution in [3.63, 3.8) is 0 Å². The fourth-order valence-electron chi connectivity index (χ4n) is 0. The maximum Gasteiger partial charge on any atom is 0.762 e. The Hall–Kier alpha value is -0.225. The van der Waals surface area contributed by atoms with Crippen molar-refractivity contribution >= 4 is 7.54 Å². The summed E-state index contributed by atoms with van der Waals surface area (Å²) in [5.74, 6) is 0.